The number of phenolic OH excluding ortho intramolecular Hbond substituents is 2. The summed E-state index contributed by atoms with van der Waals surface area (Å²) in [7, 11) is 0. The van der Waals surface area contributed by atoms with E-state index in [1.807, 2.05) is 13.8 Å². The lowest BCUT2D eigenvalue weighted by atomic mass is 9.82. The van der Waals surface area contributed by atoms with E-state index < -0.39 is 23.2 Å². The van der Waals surface area contributed by atoms with Gasteiger partial charge in [0.25, 0.3) is 0 Å². The number of hydrogen-bond acceptors (Lipinski definition) is 5. The van der Waals surface area contributed by atoms with Crippen molar-refractivity contribution in [3.05, 3.63) is 35.9 Å². The van der Waals surface area contributed by atoms with Gasteiger partial charge in [0.15, 0.2) is 0 Å². The van der Waals surface area contributed by atoms with Gasteiger partial charge in [0.2, 0.25) is 0 Å². The van der Waals surface area contributed by atoms with Gasteiger partial charge in [-0.3, -0.25) is 0 Å². The Balaban J connectivity index is 3.30. The number of hydrogen-bond donors (Lipinski definition) is 5. The average molecular weight is 296 g/mol. The molecule has 5 heteroatoms. The highest BCUT2D eigenvalue weighted by Crippen LogP contribution is 2.40. The first-order chi connectivity index (χ1) is 9.41. The van der Waals surface area contributed by atoms with E-state index in [0.717, 1.165) is 0 Å². The van der Waals surface area contributed by atoms with Crippen molar-refractivity contribution in [2.24, 2.45) is 0 Å². The van der Waals surface area contributed by atoms with Gasteiger partial charge in [-0.15, -0.1) is 6.58 Å². The number of allylic oxidation sites excluding steroid dienone is 1. The smallest absolute Gasteiger partial charge is 0.122 e. The van der Waals surface area contributed by atoms with Crippen LogP contribution in [0.3, 0.4) is 0 Å². The van der Waals surface area contributed by atoms with Gasteiger partial charge in [0, 0.05) is 16.5 Å². The predicted molar refractivity (Wildman–Crippen MR) is 80.3 cm³/mol. The summed E-state index contributed by atoms with van der Waals surface area (Å²) in [5.41, 5.74) is -1.73. The van der Waals surface area contributed by atoms with Gasteiger partial charge in [-0.1, -0.05) is 19.9 Å². The molecule has 0 amide bonds. The second-order valence-electron chi connectivity index (χ2n) is 6.40. The van der Waals surface area contributed by atoms with Crippen LogP contribution >= 0.6 is 0 Å². The van der Waals surface area contributed by atoms with Gasteiger partial charge < -0.3 is 25.5 Å². The molecule has 0 saturated carbocycles. The number of phenols is 2. The Morgan fingerprint density at radius 1 is 1.05 bits per heavy atom. The summed E-state index contributed by atoms with van der Waals surface area (Å²) in [5.74, 6) is -0.400. The highest BCUT2D eigenvalue weighted by Gasteiger charge is 2.34. The van der Waals surface area contributed by atoms with Crippen LogP contribution in [-0.4, -0.2) is 37.2 Å². The molecule has 0 unspecified atom stereocenters. The van der Waals surface area contributed by atoms with Crippen LogP contribution in [0.1, 0.15) is 44.9 Å². The molecule has 0 saturated heterocycles. The fourth-order valence-electron chi connectivity index (χ4n) is 2.01. The van der Waals surface area contributed by atoms with E-state index in [9.17, 15) is 25.5 Å². The number of aliphatic hydroxyl groups excluding tert-OH is 2. The van der Waals surface area contributed by atoms with E-state index in [-0.39, 0.29) is 17.1 Å². The van der Waals surface area contributed by atoms with Crippen molar-refractivity contribution >= 4 is 0 Å². The molecule has 0 aliphatic carbocycles. The van der Waals surface area contributed by atoms with E-state index in [4.69, 9.17) is 0 Å². The lowest BCUT2D eigenvalue weighted by molar-refractivity contribution is -0.108. The molecule has 5 N–H and O–H groups in total. The van der Waals surface area contributed by atoms with E-state index in [0.29, 0.717) is 5.56 Å². The highest BCUT2D eigenvalue weighted by molar-refractivity contribution is 5.50. The van der Waals surface area contributed by atoms with E-state index in [1.54, 1.807) is 6.08 Å². The van der Waals surface area contributed by atoms with Crippen molar-refractivity contribution in [2.75, 3.05) is 0 Å². The van der Waals surface area contributed by atoms with Crippen LogP contribution in [-0.2, 0) is 5.41 Å². The molecule has 2 atom stereocenters. The summed E-state index contributed by atoms with van der Waals surface area (Å²) in [5, 5.41) is 49.9. The Morgan fingerprint density at radius 2 is 1.57 bits per heavy atom. The monoisotopic (exact) mass is 296 g/mol. The molecule has 1 aromatic carbocycles. The zero-order valence-corrected chi connectivity index (χ0v) is 12.8. The summed E-state index contributed by atoms with van der Waals surface area (Å²) in [6.07, 6.45) is -1.42. The number of benzene rings is 1. The first kappa shape index (κ1) is 17.5. The third kappa shape index (κ3) is 3.56. The van der Waals surface area contributed by atoms with Crippen molar-refractivity contribution in [3.8, 4) is 11.5 Å². The lowest BCUT2D eigenvalue weighted by Crippen LogP contribution is -2.40. The van der Waals surface area contributed by atoms with E-state index in [1.165, 1.54) is 26.0 Å². The van der Waals surface area contributed by atoms with Crippen LogP contribution in [0, 0.1) is 0 Å². The quantitative estimate of drug-likeness (QED) is 0.421. The Hall–Kier alpha value is -1.56. The van der Waals surface area contributed by atoms with Gasteiger partial charge in [-0.25, -0.2) is 0 Å². The number of rotatable bonds is 5. The molecular formula is C16H24O5. The highest BCUT2D eigenvalue weighted by atomic mass is 16.4. The maximum atomic E-state index is 10.1. The normalized spacial score (nSPS) is 15.6. The first-order valence-corrected chi connectivity index (χ1v) is 6.70. The zero-order chi connectivity index (χ0) is 16.6. The molecule has 0 radical (unpaired) electrons. The summed E-state index contributed by atoms with van der Waals surface area (Å²) in [6, 6.07) is 2.52. The predicted octanol–water partition coefficient (Wildman–Crippen LogP) is 1.73. The van der Waals surface area contributed by atoms with Crippen molar-refractivity contribution in [1.82, 2.24) is 0 Å². The second-order valence-corrected chi connectivity index (χ2v) is 6.40. The zero-order valence-electron chi connectivity index (χ0n) is 12.8. The van der Waals surface area contributed by atoms with E-state index >= 15 is 0 Å². The Bertz CT molecular complexity index is 528. The minimum atomic E-state index is -1.56. The Labute approximate surface area is 124 Å². The van der Waals surface area contributed by atoms with Crippen molar-refractivity contribution in [2.45, 2.75) is 50.9 Å². The van der Waals surface area contributed by atoms with Crippen molar-refractivity contribution in [1.29, 1.82) is 0 Å². The molecule has 0 spiro atoms. The van der Waals surface area contributed by atoms with Gasteiger partial charge >= 0.3 is 0 Å². The van der Waals surface area contributed by atoms with Crippen LogP contribution in [0.4, 0.5) is 0 Å². The molecule has 0 aromatic heterocycles. The maximum Gasteiger partial charge on any atom is 0.122 e. The van der Waals surface area contributed by atoms with Crippen LogP contribution < -0.4 is 0 Å². The van der Waals surface area contributed by atoms with Crippen LogP contribution in [0.15, 0.2) is 24.8 Å². The molecule has 5 nitrogen and oxygen atoms in total. The summed E-state index contributed by atoms with van der Waals surface area (Å²) >= 11 is 0. The van der Waals surface area contributed by atoms with Crippen molar-refractivity contribution in [3.63, 3.8) is 0 Å². The van der Waals surface area contributed by atoms with Gasteiger partial charge in [0.1, 0.15) is 23.7 Å². The van der Waals surface area contributed by atoms with E-state index in [2.05, 4.69) is 6.58 Å². The molecule has 0 aliphatic rings. The van der Waals surface area contributed by atoms with Crippen molar-refractivity contribution < 1.29 is 25.5 Å². The molecule has 118 valence electrons. The summed E-state index contributed by atoms with van der Waals surface area (Å²) < 4.78 is 0. The van der Waals surface area contributed by atoms with Crippen LogP contribution in [0.2, 0.25) is 0 Å². The van der Waals surface area contributed by atoms with Gasteiger partial charge in [-0.2, -0.15) is 0 Å². The lowest BCUT2D eigenvalue weighted by Gasteiger charge is -2.30. The maximum absolute atomic E-state index is 10.1. The second kappa shape index (κ2) is 5.67. The Morgan fingerprint density at radius 3 is 2.00 bits per heavy atom. The molecule has 0 heterocycles. The third-order valence-corrected chi connectivity index (χ3v) is 3.69. The molecule has 0 bridgehead atoms. The molecule has 1 aromatic rings. The Kier molecular flexibility index (Phi) is 4.73. The van der Waals surface area contributed by atoms with Gasteiger partial charge in [-0.05, 0) is 26.0 Å². The topological polar surface area (TPSA) is 101 Å². The summed E-state index contributed by atoms with van der Waals surface area (Å²) in [4.78, 5) is 0. The molecule has 21 heavy (non-hydrogen) atoms. The minimum Gasteiger partial charge on any atom is -0.508 e. The molecular weight excluding hydrogens is 272 g/mol. The molecule has 0 fully saturated rings. The number of aliphatic hydroxyl groups is 3. The summed E-state index contributed by atoms with van der Waals surface area (Å²) in [6.45, 7) is 9.99. The van der Waals surface area contributed by atoms with Gasteiger partial charge in [0.05, 0.1) is 5.60 Å². The standard InChI is InChI=1S/C16H24O5/c1-6-15(2,3)10-8-11(17)9(7-12(10)18)13(19)14(20)16(4,5)21/h6-8,13-14,17-21H,1H2,2-5H3/t13-,14-/m1/s1. The SMILES string of the molecule is C=CC(C)(C)c1cc(O)c([C@@H](O)[C@@H](O)C(C)(C)O)cc1O. The minimum absolute atomic E-state index is 0.0502. The first-order valence-electron chi connectivity index (χ1n) is 6.70. The third-order valence-electron chi connectivity index (χ3n) is 3.69. The van der Waals surface area contributed by atoms with Crippen LogP contribution in [0.25, 0.3) is 0 Å². The molecule has 0 aliphatic heterocycles. The van der Waals surface area contributed by atoms with Crippen LogP contribution in [0.5, 0.6) is 11.5 Å². The average Bonchev–Trinajstić information content (AvgIpc) is 2.38. The fourth-order valence-corrected chi connectivity index (χ4v) is 2.01. The largest absolute Gasteiger partial charge is 0.508 e. The fraction of sp³-hybridized carbons (Fsp3) is 0.500. The molecule has 1 rings (SSSR count). The number of aromatic hydroxyl groups is 2.